The minimum atomic E-state index is -1.09. The molecule has 0 aliphatic rings. The third-order valence-corrected chi connectivity index (χ3v) is 3.75. The van der Waals surface area contributed by atoms with Crippen LogP contribution in [-0.2, 0) is 16.0 Å². The van der Waals surface area contributed by atoms with Gasteiger partial charge in [0, 0.05) is 18.1 Å². The molecule has 136 valence electrons. The number of carbonyl (C=O) groups is 2. The Labute approximate surface area is 152 Å². The van der Waals surface area contributed by atoms with Gasteiger partial charge in [-0.3, -0.25) is 4.79 Å². The van der Waals surface area contributed by atoms with Crippen LogP contribution >= 0.6 is 0 Å². The van der Waals surface area contributed by atoms with Crippen molar-refractivity contribution in [3.05, 3.63) is 65.7 Å². The summed E-state index contributed by atoms with van der Waals surface area (Å²) in [6.45, 7) is 0. The Morgan fingerprint density at radius 3 is 2.46 bits per heavy atom. The Morgan fingerprint density at radius 2 is 1.85 bits per heavy atom. The van der Waals surface area contributed by atoms with Gasteiger partial charge in [0.05, 0.1) is 14.2 Å². The zero-order chi connectivity index (χ0) is 18.9. The van der Waals surface area contributed by atoms with Gasteiger partial charge in [-0.15, -0.1) is 0 Å². The Kier molecular flexibility index (Phi) is 6.79. The molecule has 1 atom stereocenters. The highest BCUT2D eigenvalue weighted by atomic mass is 16.5. The topological polar surface area (TPSA) is 84.9 Å². The van der Waals surface area contributed by atoms with Crippen molar-refractivity contribution in [2.75, 3.05) is 14.2 Å². The molecular formula is C20H21NO5. The highest BCUT2D eigenvalue weighted by Crippen LogP contribution is 2.25. The summed E-state index contributed by atoms with van der Waals surface area (Å²) < 4.78 is 10.4. The molecule has 0 radical (unpaired) electrons. The van der Waals surface area contributed by atoms with Crippen molar-refractivity contribution in [1.29, 1.82) is 0 Å². The van der Waals surface area contributed by atoms with Gasteiger partial charge >= 0.3 is 5.97 Å². The molecule has 0 unspecified atom stereocenters. The van der Waals surface area contributed by atoms with E-state index in [9.17, 15) is 14.7 Å². The summed E-state index contributed by atoms with van der Waals surface area (Å²) >= 11 is 0. The van der Waals surface area contributed by atoms with Crippen LogP contribution in [0.2, 0.25) is 0 Å². The summed E-state index contributed by atoms with van der Waals surface area (Å²) in [6, 6.07) is 13.3. The van der Waals surface area contributed by atoms with Gasteiger partial charge in [-0.25, -0.2) is 4.79 Å². The first-order chi connectivity index (χ1) is 12.5. The van der Waals surface area contributed by atoms with Crippen molar-refractivity contribution in [1.82, 2.24) is 5.32 Å². The van der Waals surface area contributed by atoms with Gasteiger partial charge in [0.25, 0.3) is 0 Å². The first-order valence-electron chi connectivity index (χ1n) is 8.01. The first kappa shape index (κ1) is 19.1. The molecule has 2 aromatic carbocycles. The highest BCUT2D eigenvalue weighted by molar-refractivity contribution is 5.94. The molecule has 2 aromatic rings. The lowest BCUT2D eigenvalue weighted by Crippen LogP contribution is -2.41. The quantitative estimate of drug-likeness (QED) is 0.711. The number of hydrogen-bond acceptors (Lipinski definition) is 4. The molecule has 0 fully saturated rings. The number of nitrogens with one attached hydrogen (secondary N) is 1. The average Bonchev–Trinajstić information content (AvgIpc) is 2.66. The van der Waals surface area contributed by atoms with E-state index in [2.05, 4.69) is 5.32 Å². The summed E-state index contributed by atoms with van der Waals surface area (Å²) in [5.74, 6) is -0.389. The van der Waals surface area contributed by atoms with Gasteiger partial charge < -0.3 is 19.9 Å². The van der Waals surface area contributed by atoms with Crippen LogP contribution < -0.4 is 14.8 Å². The number of rotatable bonds is 8. The summed E-state index contributed by atoms with van der Waals surface area (Å²) in [5, 5.41) is 11.8. The van der Waals surface area contributed by atoms with Crippen LogP contribution in [0.5, 0.6) is 11.5 Å². The van der Waals surface area contributed by atoms with E-state index in [1.165, 1.54) is 13.2 Å². The fourth-order valence-corrected chi connectivity index (χ4v) is 2.40. The van der Waals surface area contributed by atoms with Crippen LogP contribution in [0.15, 0.2) is 54.6 Å². The first-order valence-corrected chi connectivity index (χ1v) is 8.01. The zero-order valence-corrected chi connectivity index (χ0v) is 14.6. The van der Waals surface area contributed by atoms with Crippen molar-refractivity contribution in [2.45, 2.75) is 12.5 Å². The number of hydrogen-bond donors (Lipinski definition) is 2. The van der Waals surface area contributed by atoms with E-state index in [-0.39, 0.29) is 6.42 Å². The standard InChI is InChI=1S/C20H21NO5/c1-25-16-9-10-18(26-2)15(13-16)8-11-19(22)21-17(20(23)24)12-14-6-4-3-5-7-14/h3-11,13,17H,12H2,1-2H3,(H,21,22)(H,23,24)/b11-8+/t17-/m0/s1. The monoisotopic (exact) mass is 355 g/mol. The number of aliphatic carboxylic acids is 1. The molecule has 0 saturated heterocycles. The van der Waals surface area contributed by atoms with Crippen LogP contribution in [-0.4, -0.2) is 37.2 Å². The minimum absolute atomic E-state index is 0.207. The lowest BCUT2D eigenvalue weighted by molar-refractivity contribution is -0.141. The van der Waals surface area contributed by atoms with Gasteiger partial charge in [0.15, 0.2) is 0 Å². The maximum absolute atomic E-state index is 12.1. The predicted octanol–water partition coefficient (Wildman–Crippen LogP) is 2.53. The molecule has 0 aromatic heterocycles. The smallest absolute Gasteiger partial charge is 0.326 e. The van der Waals surface area contributed by atoms with Crippen LogP contribution in [0.1, 0.15) is 11.1 Å². The van der Waals surface area contributed by atoms with Gasteiger partial charge in [-0.1, -0.05) is 30.3 Å². The second-order valence-corrected chi connectivity index (χ2v) is 5.53. The third-order valence-electron chi connectivity index (χ3n) is 3.75. The van der Waals surface area contributed by atoms with Crippen LogP contribution in [0, 0.1) is 0 Å². The molecule has 2 rings (SSSR count). The normalized spacial score (nSPS) is 11.8. The van der Waals surface area contributed by atoms with Crippen molar-refractivity contribution in [3.63, 3.8) is 0 Å². The molecule has 26 heavy (non-hydrogen) atoms. The van der Waals surface area contributed by atoms with Crippen LogP contribution in [0.3, 0.4) is 0 Å². The number of carbonyl (C=O) groups excluding carboxylic acids is 1. The van der Waals surface area contributed by atoms with Crippen molar-refractivity contribution < 1.29 is 24.2 Å². The van der Waals surface area contributed by atoms with E-state index in [1.807, 2.05) is 30.3 Å². The Hall–Kier alpha value is -3.28. The molecule has 2 N–H and O–H groups in total. The van der Waals surface area contributed by atoms with Crippen LogP contribution in [0.4, 0.5) is 0 Å². The Balaban J connectivity index is 2.08. The Morgan fingerprint density at radius 1 is 1.12 bits per heavy atom. The minimum Gasteiger partial charge on any atom is -0.497 e. The van der Waals surface area contributed by atoms with Gasteiger partial charge in [-0.05, 0) is 29.8 Å². The molecule has 6 nitrogen and oxygen atoms in total. The molecule has 0 aliphatic carbocycles. The molecular weight excluding hydrogens is 334 g/mol. The third kappa shape index (κ3) is 5.37. The number of methoxy groups -OCH3 is 2. The van der Waals surface area contributed by atoms with E-state index in [4.69, 9.17) is 9.47 Å². The van der Waals surface area contributed by atoms with Crippen molar-refractivity contribution in [2.24, 2.45) is 0 Å². The van der Waals surface area contributed by atoms with E-state index in [1.54, 1.807) is 31.4 Å². The van der Waals surface area contributed by atoms with Gasteiger partial charge in [0.1, 0.15) is 17.5 Å². The molecule has 0 aliphatic heterocycles. The maximum atomic E-state index is 12.1. The fourth-order valence-electron chi connectivity index (χ4n) is 2.40. The second-order valence-electron chi connectivity index (χ2n) is 5.53. The second kappa shape index (κ2) is 9.27. The SMILES string of the molecule is COc1ccc(OC)c(/C=C/C(=O)N[C@@H](Cc2ccccc2)C(=O)O)c1. The fraction of sp³-hybridized carbons (Fsp3) is 0.200. The van der Waals surface area contributed by atoms with Gasteiger partial charge in [-0.2, -0.15) is 0 Å². The number of carboxylic acids is 1. The molecule has 1 amide bonds. The molecule has 6 heteroatoms. The molecule has 0 heterocycles. The van der Waals surface area contributed by atoms with Gasteiger partial charge in [0.2, 0.25) is 5.91 Å². The number of benzene rings is 2. The number of carboxylic acid groups (broad SMARTS) is 1. The summed E-state index contributed by atoms with van der Waals surface area (Å²) in [4.78, 5) is 23.6. The number of ether oxygens (including phenoxy) is 2. The lowest BCUT2D eigenvalue weighted by atomic mass is 10.1. The summed E-state index contributed by atoms with van der Waals surface area (Å²) in [5.41, 5.74) is 1.48. The molecule has 0 spiro atoms. The van der Waals surface area contributed by atoms with Crippen LogP contribution in [0.25, 0.3) is 6.08 Å². The van der Waals surface area contributed by atoms with E-state index >= 15 is 0 Å². The lowest BCUT2D eigenvalue weighted by Gasteiger charge is -2.13. The maximum Gasteiger partial charge on any atom is 0.326 e. The highest BCUT2D eigenvalue weighted by Gasteiger charge is 2.19. The number of amides is 1. The predicted molar refractivity (Wildman–Crippen MR) is 98.3 cm³/mol. The Bertz CT molecular complexity index is 786. The van der Waals surface area contributed by atoms with E-state index < -0.39 is 17.9 Å². The van der Waals surface area contributed by atoms with Crippen molar-refractivity contribution >= 4 is 18.0 Å². The van der Waals surface area contributed by atoms with E-state index in [0.29, 0.717) is 17.1 Å². The summed E-state index contributed by atoms with van der Waals surface area (Å²) in [7, 11) is 3.07. The molecule has 0 saturated carbocycles. The largest absolute Gasteiger partial charge is 0.497 e. The van der Waals surface area contributed by atoms with Crippen molar-refractivity contribution in [3.8, 4) is 11.5 Å². The zero-order valence-electron chi connectivity index (χ0n) is 14.6. The molecule has 0 bridgehead atoms. The van der Waals surface area contributed by atoms with E-state index in [0.717, 1.165) is 5.56 Å². The average molecular weight is 355 g/mol. The summed E-state index contributed by atoms with van der Waals surface area (Å²) in [6.07, 6.45) is 3.04.